The molecule has 0 aliphatic carbocycles. The Labute approximate surface area is 243 Å². The second kappa shape index (κ2) is 12.0. The van der Waals surface area contributed by atoms with Gasteiger partial charge in [0, 0.05) is 28.8 Å². The van der Waals surface area contributed by atoms with Gasteiger partial charge in [0.1, 0.15) is 5.82 Å². The van der Waals surface area contributed by atoms with E-state index in [-0.39, 0.29) is 43.9 Å². The number of carbonyl (C=O) groups excluding carboxylic acids is 1. The van der Waals surface area contributed by atoms with Crippen LogP contribution in [0, 0.1) is 0 Å². The lowest BCUT2D eigenvalue weighted by Gasteiger charge is -2.24. The molecule has 0 bridgehead atoms. The molecule has 2 unspecified atom stereocenters. The Hall–Kier alpha value is -4.20. The van der Waals surface area contributed by atoms with Crippen molar-refractivity contribution in [1.29, 1.82) is 0 Å². The predicted molar refractivity (Wildman–Crippen MR) is 143 cm³/mol. The molecule has 1 aliphatic heterocycles. The Morgan fingerprint density at radius 2 is 1.90 bits per heavy atom. The molecule has 0 fully saturated rings. The summed E-state index contributed by atoms with van der Waals surface area (Å²) in [5.74, 6) is -1.41. The quantitative estimate of drug-likeness (QED) is 0.249. The number of tetrazole rings is 1. The molecule has 4 aromatic rings. The average Bonchev–Trinajstić information content (AvgIpc) is 3.58. The van der Waals surface area contributed by atoms with Gasteiger partial charge in [-0.3, -0.25) is 9.36 Å². The van der Waals surface area contributed by atoms with E-state index in [1.165, 1.54) is 31.1 Å². The zero-order valence-electron chi connectivity index (χ0n) is 22.9. The molecule has 0 amide bonds. The van der Waals surface area contributed by atoms with Gasteiger partial charge in [-0.25, -0.2) is 0 Å². The fourth-order valence-corrected chi connectivity index (χ4v) is 5.42. The number of esters is 1. The van der Waals surface area contributed by atoms with Crippen molar-refractivity contribution in [2.75, 3.05) is 20.8 Å². The summed E-state index contributed by atoms with van der Waals surface area (Å²) in [6, 6.07) is 10.1. The topological polar surface area (TPSA) is 119 Å². The Morgan fingerprint density at radius 3 is 2.62 bits per heavy atom. The third-order valence-electron chi connectivity index (χ3n) is 6.98. The normalized spacial score (nSPS) is 16.4. The van der Waals surface area contributed by atoms with Gasteiger partial charge in [0.2, 0.25) is 5.82 Å². The standard InChI is InChI=1S/C27H27ClF3N7O4/c1-4-42-23(39)11-10-22-32-36-37(35-22)14-15-12-18(17-6-5-7-21(40-2)24(17)41-3)19-13-16(28)8-9-20(19)38-25(15)33-34-26(38)27(29,30)31/h5-9,13,15,18H,4,10-12,14H2,1-3H3. The van der Waals surface area contributed by atoms with Crippen molar-refractivity contribution in [3.63, 3.8) is 0 Å². The van der Waals surface area contributed by atoms with Crippen molar-refractivity contribution >= 4 is 17.6 Å². The van der Waals surface area contributed by atoms with E-state index in [4.69, 9.17) is 25.8 Å². The fourth-order valence-electron chi connectivity index (χ4n) is 5.24. The highest BCUT2D eigenvalue weighted by Crippen LogP contribution is 2.48. The van der Waals surface area contributed by atoms with Crippen molar-refractivity contribution in [2.45, 2.75) is 50.7 Å². The molecule has 0 saturated heterocycles. The maximum atomic E-state index is 14.3. The number of para-hydroxylation sites is 1. The van der Waals surface area contributed by atoms with Gasteiger partial charge in [-0.2, -0.15) is 18.0 Å². The van der Waals surface area contributed by atoms with Crippen LogP contribution in [0.5, 0.6) is 11.5 Å². The molecule has 0 N–H and O–H groups in total. The molecule has 222 valence electrons. The van der Waals surface area contributed by atoms with Crippen molar-refractivity contribution in [3.05, 3.63) is 70.0 Å². The molecule has 2 aromatic heterocycles. The molecule has 0 radical (unpaired) electrons. The largest absolute Gasteiger partial charge is 0.493 e. The van der Waals surface area contributed by atoms with Crippen LogP contribution in [0.25, 0.3) is 5.69 Å². The average molecular weight is 606 g/mol. The SMILES string of the molecule is CCOC(=O)CCc1nnn(CC2CC(c3cccc(OC)c3OC)c3cc(Cl)ccc3-n3c2nnc3C(F)(F)F)n1. The first-order valence-corrected chi connectivity index (χ1v) is 13.5. The van der Waals surface area contributed by atoms with Gasteiger partial charge in [0.05, 0.1) is 39.5 Å². The Morgan fingerprint density at radius 1 is 1.10 bits per heavy atom. The maximum absolute atomic E-state index is 14.3. The fraction of sp³-hybridized carbons (Fsp3) is 0.407. The van der Waals surface area contributed by atoms with E-state index in [2.05, 4.69) is 25.6 Å². The minimum atomic E-state index is -4.79. The lowest BCUT2D eigenvalue weighted by molar-refractivity contribution is -0.146. The number of methoxy groups -OCH3 is 2. The Balaban J connectivity index is 1.62. The van der Waals surface area contributed by atoms with Crippen LogP contribution in [0.2, 0.25) is 5.02 Å². The van der Waals surface area contributed by atoms with E-state index >= 15 is 0 Å². The number of rotatable bonds is 9. The van der Waals surface area contributed by atoms with Crippen molar-refractivity contribution in [3.8, 4) is 17.2 Å². The Kier molecular flexibility index (Phi) is 8.34. The van der Waals surface area contributed by atoms with Gasteiger partial charge >= 0.3 is 12.1 Å². The molecular weight excluding hydrogens is 579 g/mol. The minimum Gasteiger partial charge on any atom is -0.493 e. The number of aryl methyl sites for hydroxylation is 1. The Bertz CT molecular complexity index is 1590. The van der Waals surface area contributed by atoms with Crippen LogP contribution >= 0.6 is 11.6 Å². The number of hydrogen-bond acceptors (Lipinski definition) is 9. The van der Waals surface area contributed by atoms with E-state index in [0.717, 1.165) is 4.57 Å². The van der Waals surface area contributed by atoms with Crippen LogP contribution in [-0.2, 0) is 28.7 Å². The molecule has 3 heterocycles. The molecule has 15 heteroatoms. The summed E-state index contributed by atoms with van der Waals surface area (Å²) in [6.07, 6.45) is -4.25. The van der Waals surface area contributed by atoms with Gasteiger partial charge in [-0.15, -0.1) is 20.4 Å². The van der Waals surface area contributed by atoms with E-state index < -0.39 is 29.8 Å². The number of hydrogen-bond donors (Lipinski definition) is 0. The molecular formula is C27H27ClF3N7O4. The highest BCUT2D eigenvalue weighted by Gasteiger charge is 2.43. The first kappa shape index (κ1) is 29.3. The zero-order valence-corrected chi connectivity index (χ0v) is 23.7. The van der Waals surface area contributed by atoms with E-state index in [1.807, 2.05) is 6.07 Å². The van der Waals surface area contributed by atoms with Crippen LogP contribution < -0.4 is 9.47 Å². The minimum absolute atomic E-state index is 0.0346. The van der Waals surface area contributed by atoms with Gasteiger partial charge < -0.3 is 14.2 Å². The van der Waals surface area contributed by atoms with Crippen LogP contribution in [0.3, 0.4) is 0 Å². The molecule has 11 nitrogen and oxygen atoms in total. The summed E-state index contributed by atoms with van der Waals surface area (Å²) >= 11 is 6.40. The number of ether oxygens (including phenoxy) is 3. The second-order valence-corrected chi connectivity index (χ2v) is 9.99. The van der Waals surface area contributed by atoms with E-state index in [0.29, 0.717) is 33.5 Å². The second-order valence-electron chi connectivity index (χ2n) is 9.55. The summed E-state index contributed by atoms with van der Waals surface area (Å²) in [4.78, 5) is 13.0. The van der Waals surface area contributed by atoms with Gasteiger partial charge in [-0.1, -0.05) is 23.7 Å². The van der Waals surface area contributed by atoms with Crippen molar-refractivity contribution < 1.29 is 32.2 Å². The van der Waals surface area contributed by atoms with E-state index in [9.17, 15) is 18.0 Å². The van der Waals surface area contributed by atoms with Crippen LogP contribution in [0.4, 0.5) is 13.2 Å². The molecule has 42 heavy (non-hydrogen) atoms. The number of benzene rings is 2. The molecule has 1 aliphatic rings. The smallest absolute Gasteiger partial charge is 0.452 e. The van der Waals surface area contributed by atoms with Crippen LogP contribution in [0.15, 0.2) is 36.4 Å². The monoisotopic (exact) mass is 605 g/mol. The first-order valence-electron chi connectivity index (χ1n) is 13.1. The molecule has 0 spiro atoms. The van der Waals surface area contributed by atoms with Gasteiger partial charge in [0.15, 0.2) is 17.3 Å². The lowest BCUT2D eigenvalue weighted by atomic mass is 9.83. The zero-order chi connectivity index (χ0) is 30.0. The number of fused-ring (bicyclic) bond motifs is 3. The summed E-state index contributed by atoms with van der Waals surface area (Å²) < 4.78 is 59.9. The summed E-state index contributed by atoms with van der Waals surface area (Å²) in [7, 11) is 3.01. The van der Waals surface area contributed by atoms with Crippen LogP contribution in [0.1, 0.15) is 60.2 Å². The van der Waals surface area contributed by atoms with E-state index in [1.54, 1.807) is 25.1 Å². The molecule has 2 atom stereocenters. The summed E-state index contributed by atoms with van der Waals surface area (Å²) in [5, 5.41) is 20.4. The van der Waals surface area contributed by atoms with Gasteiger partial charge in [0.25, 0.3) is 0 Å². The summed E-state index contributed by atoms with van der Waals surface area (Å²) in [6.45, 7) is 2.00. The third kappa shape index (κ3) is 5.75. The third-order valence-corrected chi connectivity index (χ3v) is 7.21. The number of aromatic nitrogens is 7. The van der Waals surface area contributed by atoms with Gasteiger partial charge in [-0.05, 0) is 48.4 Å². The van der Waals surface area contributed by atoms with Crippen molar-refractivity contribution in [2.24, 2.45) is 0 Å². The lowest BCUT2D eigenvalue weighted by Crippen LogP contribution is -2.18. The molecule has 2 aromatic carbocycles. The number of nitrogens with zero attached hydrogens (tertiary/aromatic N) is 7. The predicted octanol–water partition coefficient (Wildman–Crippen LogP) is 4.76. The first-order chi connectivity index (χ1) is 20.1. The summed E-state index contributed by atoms with van der Waals surface area (Å²) in [5.41, 5.74) is 1.47. The molecule has 5 rings (SSSR count). The highest BCUT2D eigenvalue weighted by molar-refractivity contribution is 6.30. The number of carbonyl (C=O) groups is 1. The number of halogens is 4. The highest BCUT2D eigenvalue weighted by atomic mass is 35.5. The van der Waals surface area contributed by atoms with Crippen LogP contribution in [-0.4, -0.2) is 61.8 Å². The molecule has 0 saturated carbocycles. The number of alkyl halides is 3. The van der Waals surface area contributed by atoms with Crippen molar-refractivity contribution in [1.82, 2.24) is 35.0 Å². The maximum Gasteiger partial charge on any atom is 0.452 e.